The van der Waals surface area contributed by atoms with Crippen LogP contribution in [0.4, 0.5) is 11.6 Å². The number of nitrogens with zero attached hydrogens (tertiary/aromatic N) is 4. The summed E-state index contributed by atoms with van der Waals surface area (Å²) in [7, 11) is 0. The molecule has 0 aliphatic rings. The fourth-order valence-electron chi connectivity index (χ4n) is 2.44. The zero-order valence-corrected chi connectivity index (χ0v) is 17.5. The number of hydrogen-bond donors (Lipinski definition) is 1. The number of rotatable bonds is 4. The van der Waals surface area contributed by atoms with Crippen LogP contribution in [-0.4, -0.2) is 19.9 Å². The number of nitrogens with one attached hydrogen (secondary N) is 1. The summed E-state index contributed by atoms with van der Waals surface area (Å²) in [6.07, 6.45) is 7.24. The van der Waals surface area contributed by atoms with Crippen molar-refractivity contribution < 1.29 is 29.6 Å². The van der Waals surface area contributed by atoms with Gasteiger partial charge in [-0.1, -0.05) is 12.3 Å². The second-order valence-corrected chi connectivity index (χ2v) is 6.60. The van der Waals surface area contributed by atoms with E-state index in [9.17, 15) is 0 Å². The predicted molar refractivity (Wildman–Crippen MR) is 101 cm³/mol. The molecule has 0 amide bonds. The Morgan fingerprint density at radius 3 is 2.81 bits per heavy atom. The minimum Gasteiger partial charge on any atom is -0.378 e. The monoisotopic (exact) mass is 368 g/mol. The molecule has 0 spiro atoms. The topological polar surface area (TPSA) is 63.6 Å². The van der Waals surface area contributed by atoms with Gasteiger partial charge in [0.25, 0.3) is 0 Å². The average molecular weight is 368 g/mol. The Hall–Kier alpha value is -1.86. The molecule has 0 saturated heterocycles. The molecule has 7 heteroatoms. The first kappa shape index (κ1) is 18.9. The van der Waals surface area contributed by atoms with E-state index in [1.165, 1.54) is 0 Å². The Balaban J connectivity index is 0.00000196. The van der Waals surface area contributed by atoms with Crippen LogP contribution >= 0.6 is 11.3 Å². The summed E-state index contributed by atoms with van der Waals surface area (Å²) < 4.78 is 1.03. The van der Waals surface area contributed by atoms with Crippen molar-refractivity contribution in [1.29, 1.82) is 0 Å². The Labute approximate surface area is 178 Å². The van der Waals surface area contributed by atoms with Crippen molar-refractivity contribution in [3.63, 3.8) is 0 Å². The van der Waals surface area contributed by atoms with Gasteiger partial charge in [-0.25, -0.2) is 9.97 Å². The molecule has 4 heterocycles. The van der Waals surface area contributed by atoms with Crippen LogP contribution in [0.3, 0.4) is 0 Å². The number of anilines is 2. The molecule has 124 valence electrons. The average Bonchev–Trinajstić information content (AvgIpc) is 3.06. The summed E-state index contributed by atoms with van der Waals surface area (Å²) in [5, 5.41) is 4.08. The van der Waals surface area contributed by atoms with Gasteiger partial charge in [0, 0.05) is 24.3 Å². The smallest absolute Gasteiger partial charge is 0.378 e. The van der Waals surface area contributed by atoms with E-state index in [1.807, 2.05) is 43.5 Å². The van der Waals surface area contributed by atoms with E-state index in [4.69, 9.17) is 4.98 Å². The van der Waals surface area contributed by atoms with Crippen LogP contribution in [0.1, 0.15) is 11.1 Å². The largest absolute Gasteiger partial charge is 1.00 e. The minimum absolute atomic E-state index is 0. The summed E-state index contributed by atoms with van der Waals surface area (Å²) in [5.74, 6) is 1.39. The molecule has 1 N–H and O–H groups in total. The summed E-state index contributed by atoms with van der Waals surface area (Å²) in [5.41, 5.74) is 3.89. The Bertz CT molecular complexity index is 1030. The van der Waals surface area contributed by atoms with E-state index in [1.54, 1.807) is 17.5 Å². The van der Waals surface area contributed by atoms with Crippen molar-refractivity contribution in [1.82, 2.24) is 19.9 Å². The molecule has 0 saturated carbocycles. The first-order chi connectivity index (χ1) is 12.2. The maximum absolute atomic E-state index is 4.71. The number of fused-ring (bicyclic) bond motifs is 1. The van der Waals surface area contributed by atoms with Crippen LogP contribution in [0.25, 0.3) is 20.9 Å². The molecule has 0 radical (unpaired) electrons. The van der Waals surface area contributed by atoms with E-state index in [-0.39, 0.29) is 29.6 Å². The predicted octanol–water partition coefficient (Wildman–Crippen LogP) is 1.38. The van der Waals surface area contributed by atoms with Gasteiger partial charge in [-0.05, 0) is 18.6 Å². The van der Waals surface area contributed by atoms with Crippen LogP contribution in [0.2, 0.25) is 0 Å². The first-order valence-corrected chi connectivity index (χ1v) is 8.67. The van der Waals surface area contributed by atoms with E-state index in [0.29, 0.717) is 18.1 Å². The molecular formula is C19H15N5NaS-. The SMILES string of the molecule is [CH2-]Cc1[c-]nc(Nc2cc3nc(-c4ncccc4C)sc3cn2)cc1.[Na+]. The summed E-state index contributed by atoms with van der Waals surface area (Å²) in [4.78, 5) is 17.8. The Kier molecular flexibility index (Phi) is 5.98. The van der Waals surface area contributed by atoms with Crippen molar-refractivity contribution in [2.75, 3.05) is 5.32 Å². The van der Waals surface area contributed by atoms with E-state index < -0.39 is 0 Å². The fraction of sp³-hybridized carbons (Fsp3) is 0.105. The second kappa shape index (κ2) is 8.22. The fourth-order valence-corrected chi connectivity index (χ4v) is 3.42. The molecule has 0 atom stereocenters. The molecule has 0 fully saturated rings. The van der Waals surface area contributed by atoms with Gasteiger partial charge < -0.3 is 17.2 Å². The third-order valence-corrected chi connectivity index (χ3v) is 4.79. The Morgan fingerprint density at radius 2 is 2.08 bits per heavy atom. The van der Waals surface area contributed by atoms with Crippen molar-refractivity contribution in [2.24, 2.45) is 0 Å². The quantitative estimate of drug-likeness (QED) is 0.436. The van der Waals surface area contributed by atoms with Crippen molar-refractivity contribution in [3.8, 4) is 10.7 Å². The van der Waals surface area contributed by atoms with Gasteiger partial charge in [0.15, 0.2) is 0 Å². The number of aryl methyl sites for hydroxylation is 1. The summed E-state index contributed by atoms with van der Waals surface area (Å²) in [6, 6.07) is 9.74. The van der Waals surface area contributed by atoms with Crippen molar-refractivity contribution >= 4 is 33.2 Å². The van der Waals surface area contributed by atoms with Gasteiger partial charge in [0.2, 0.25) is 0 Å². The number of pyridine rings is 3. The van der Waals surface area contributed by atoms with Crippen LogP contribution < -0.4 is 34.9 Å². The molecule has 26 heavy (non-hydrogen) atoms. The van der Waals surface area contributed by atoms with Gasteiger partial charge in [-0.15, -0.1) is 17.4 Å². The van der Waals surface area contributed by atoms with Gasteiger partial charge >= 0.3 is 29.6 Å². The van der Waals surface area contributed by atoms with Crippen LogP contribution in [-0.2, 0) is 6.42 Å². The maximum atomic E-state index is 4.71. The molecule has 0 aromatic carbocycles. The van der Waals surface area contributed by atoms with Crippen molar-refractivity contribution in [3.05, 3.63) is 67.0 Å². The van der Waals surface area contributed by atoms with Crippen molar-refractivity contribution in [2.45, 2.75) is 13.3 Å². The standard InChI is InChI=1S/C19H15N5S.Na/c1-3-13-6-7-16(21-10-13)24-17-9-14-15(11-22-17)25-19(23-14)18-12(2)5-4-8-20-18;/h4-9,11H,1,3H2,2H3,(H,21,22,24);/q-2;+1. The van der Waals surface area contributed by atoms with Crippen LogP contribution in [0.5, 0.6) is 0 Å². The molecule has 0 aliphatic heterocycles. The molecule has 0 unspecified atom stereocenters. The van der Waals surface area contributed by atoms with E-state index in [2.05, 4.69) is 33.4 Å². The van der Waals surface area contributed by atoms with Crippen LogP contribution in [0, 0.1) is 20.0 Å². The van der Waals surface area contributed by atoms with E-state index >= 15 is 0 Å². The molecule has 4 aromatic heterocycles. The molecular weight excluding hydrogens is 353 g/mol. The first-order valence-electron chi connectivity index (χ1n) is 7.85. The molecule has 0 bridgehead atoms. The zero-order chi connectivity index (χ0) is 17.2. The number of hydrogen-bond acceptors (Lipinski definition) is 6. The third-order valence-electron chi connectivity index (χ3n) is 3.78. The van der Waals surface area contributed by atoms with Gasteiger partial charge in [0.1, 0.15) is 16.5 Å². The molecule has 4 rings (SSSR count). The Morgan fingerprint density at radius 1 is 1.19 bits per heavy atom. The summed E-state index contributed by atoms with van der Waals surface area (Å²) in [6.45, 7) is 5.86. The molecule has 5 nitrogen and oxygen atoms in total. The van der Waals surface area contributed by atoms with Gasteiger partial charge in [-0.3, -0.25) is 4.98 Å². The number of thiazole rings is 1. The summed E-state index contributed by atoms with van der Waals surface area (Å²) >= 11 is 1.59. The van der Waals surface area contributed by atoms with Gasteiger partial charge in [0.05, 0.1) is 10.2 Å². The third kappa shape index (κ3) is 3.94. The van der Waals surface area contributed by atoms with Gasteiger partial charge in [-0.2, -0.15) is 18.1 Å². The minimum atomic E-state index is 0. The normalized spacial score (nSPS) is 10.5. The van der Waals surface area contributed by atoms with Crippen LogP contribution in [0.15, 0.2) is 42.7 Å². The van der Waals surface area contributed by atoms with E-state index in [0.717, 1.165) is 32.0 Å². The maximum Gasteiger partial charge on any atom is 1.00 e. The number of aromatic nitrogens is 4. The second-order valence-electron chi connectivity index (χ2n) is 5.57. The zero-order valence-electron chi connectivity index (χ0n) is 14.7. The molecule has 0 aliphatic carbocycles. The molecule has 4 aromatic rings.